The molecule has 1 aliphatic heterocycles. The van der Waals surface area contributed by atoms with Gasteiger partial charge in [0, 0.05) is 6.20 Å². The Labute approximate surface area is 100 Å². The van der Waals surface area contributed by atoms with Crippen molar-refractivity contribution >= 4 is 11.9 Å². The molecule has 2 heterocycles. The van der Waals surface area contributed by atoms with Crippen LogP contribution in [0.4, 0.5) is 10.6 Å². The number of rotatable bonds is 1. The van der Waals surface area contributed by atoms with Crippen molar-refractivity contribution in [2.75, 3.05) is 4.90 Å². The van der Waals surface area contributed by atoms with Gasteiger partial charge in [-0.3, -0.25) is 0 Å². The van der Waals surface area contributed by atoms with Gasteiger partial charge in [-0.25, -0.2) is 14.7 Å². The van der Waals surface area contributed by atoms with Crippen molar-refractivity contribution in [2.24, 2.45) is 0 Å². The van der Waals surface area contributed by atoms with Crippen molar-refractivity contribution in [3.8, 4) is 0 Å². The highest BCUT2D eigenvalue weighted by Crippen LogP contribution is 2.39. The van der Waals surface area contributed by atoms with Gasteiger partial charge in [-0.1, -0.05) is 0 Å². The third-order valence-electron chi connectivity index (χ3n) is 3.23. The number of aryl methyl sites for hydroxylation is 1. The summed E-state index contributed by atoms with van der Waals surface area (Å²) in [5.74, 6) is 0.394. The second-order valence-corrected chi connectivity index (χ2v) is 4.93. The number of amides is 1. The quantitative estimate of drug-likeness (QED) is 0.808. The van der Waals surface area contributed by atoms with Crippen LogP contribution in [0.2, 0.25) is 0 Å². The molecule has 0 aliphatic carbocycles. The molecule has 1 fully saturated rings. The smallest absolute Gasteiger partial charge is 0.418 e. The lowest BCUT2D eigenvalue weighted by Crippen LogP contribution is -2.54. The van der Waals surface area contributed by atoms with Crippen LogP contribution in [-0.4, -0.2) is 27.5 Å². The average Bonchev–Trinajstić information content (AvgIpc) is 2.31. The van der Waals surface area contributed by atoms with Crippen molar-refractivity contribution in [1.29, 1.82) is 0 Å². The van der Waals surface area contributed by atoms with Crippen LogP contribution < -0.4 is 4.90 Å². The highest BCUT2D eigenvalue weighted by atomic mass is 16.6. The fourth-order valence-corrected chi connectivity index (χ4v) is 1.77. The van der Waals surface area contributed by atoms with Crippen molar-refractivity contribution in [1.82, 2.24) is 4.98 Å². The fraction of sp³-hybridized carbons (Fsp3) is 0.500. The van der Waals surface area contributed by atoms with Gasteiger partial charge in [0.15, 0.2) is 11.3 Å². The second kappa shape index (κ2) is 3.43. The summed E-state index contributed by atoms with van der Waals surface area (Å²) in [6.07, 6.45) is 1.01. The van der Waals surface area contributed by atoms with Gasteiger partial charge in [0.05, 0.1) is 0 Å². The molecule has 1 aromatic rings. The third-order valence-corrected chi connectivity index (χ3v) is 3.23. The molecule has 0 bridgehead atoms. The average molecular weight is 236 g/mol. The maximum atomic E-state index is 11.8. The first-order chi connectivity index (χ1) is 7.75. The summed E-state index contributed by atoms with van der Waals surface area (Å²) in [7, 11) is 0. The number of anilines is 1. The summed E-state index contributed by atoms with van der Waals surface area (Å²) in [5, 5.41) is 10.4. The van der Waals surface area contributed by atoms with E-state index in [4.69, 9.17) is 4.74 Å². The van der Waals surface area contributed by atoms with E-state index in [1.165, 1.54) is 4.90 Å². The largest absolute Gasteiger partial charge is 0.438 e. The molecule has 1 aliphatic rings. The molecule has 1 amide bonds. The van der Waals surface area contributed by atoms with Crippen molar-refractivity contribution in [3.05, 3.63) is 23.9 Å². The number of ether oxygens (including phenoxy) is 1. The van der Waals surface area contributed by atoms with Gasteiger partial charge in [-0.05, 0) is 45.4 Å². The Morgan fingerprint density at radius 2 is 2.06 bits per heavy atom. The number of carbonyl (C=O) groups excluding carboxylic acids is 1. The number of hydrogen-bond donors (Lipinski definition) is 1. The molecule has 2 rings (SSSR count). The third kappa shape index (κ3) is 1.67. The summed E-state index contributed by atoms with van der Waals surface area (Å²) in [5.41, 5.74) is -1.44. The molecule has 0 spiro atoms. The Balaban J connectivity index is 2.49. The first kappa shape index (κ1) is 11.9. The van der Waals surface area contributed by atoms with Crippen LogP contribution in [0, 0.1) is 6.92 Å². The van der Waals surface area contributed by atoms with Crippen molar-refractivity contribution < 1.29 is 14.6 Å². The standard InChI is InChI=1S/C12H16N2O3/c1-8-5-6-13-9(7-8)14-10(15)17-11(2,3)12(14,4)16/h5-7,16H,1-4H3. The Morgan fingerprint density at radius 1 is 1.41 bits per heavy atom. The highest BCUT2D eigenvalue weighted by molar-refractivity contribution is 5.90. The van der Waals surface area contributed by atoms with E-state index in [0.29, 0.717) is 5.82 Å². The van der Waals surface area contributed by atoms with Crippen LogP contribution in [0.1, 0.15) is 26.3 Å². The van der Waals surface area contributed by atoms with Gasteiger partial charge in [0.2, 0.25) is 0 Å². The normalized spacial score (nSPS) is 27.1. The lowest BCUT2D eigenvalue weighted by molar-refractivity contribution is -0.0725. The van der Waals surface area contributed by atoms with E-state index in [0.717, 1.165) is 5.56 Å². The molecular formula is C12H16N2O3. The second-order valence-electron chi connectivity index (χ2n) is 4.93. The van der Waals surface area contributed by atoms with E-state index >= 15 is 0 Å². The van der Waals surface area contributed by atoms with Crippen LogP contribution in [0.3, 0.4) is 0 Å². The van der Waals surface area contributed by atoms with Crippen LogP contribution in [0.25, 0.3) is 0 Å². The van der Waals surface area contributed by atoms with Crippen molar-refractivity contribution in [2.45, 2.75) is 39.0 Å². The lowest BCUT2D eigenvalue weighted by atomic mass is 9.96. The molecular weight excluding hydrogens is 220 g/mol. The van der Waals surface area contributed by atoms with Gasteiger partial charge < -0.3 is 9.84 Å². The van der Waals surface area contributed by atoms with Crippen LogP contribution in [0.15, 0.2) is 18.3 Å². The molecule has 1 N–H and O–H groups in total. The summed E-state index contributed by atoms with van der Waals surface area (Å²) in [4.78, 5) is 17.1. The number of nitrogens with zero attached hydrogens (tertiary/aromatic N) is 2. The van der Waals surface area contributed by atoms with Gasteiger partial charge >= 0.3 is 6.09 Å². The van der Waals surface area contributed by atoms with Gasteiger partial charge in [-0.15, -0.1) is 0 Å². The number of carbonyl (C=O) groups is 1. The molecule has 0 aromatic carbocycles. The Kier molecular flexibility index (Phi) is 2.39. The zero-order valence-electron chi connectivity index (χ0n) is 10.4. The Morgan fingerprint density at radius 3 is 2.53 bits per heavy atom. The summed E-state index contributed by atoms with van der Waals surface area (Å²) < 4.78 is 5.17. The highest BCUT2D eigenvalue weighted by Gasteiger charge is 2.57. The minimum absolute atomic E-state index is 0.394. The first-order valence-electron chi connectivity index (χ1n) is 5.44. The Hall–Kier alpha value is -1.62. The molecule has 5 nitrogen and oxygen atoms in total. The molecule has 1 unspecified atom stereocenters. The zero-order chi connectivity index (χ0) is 12.8. The number of aromatic nitrogens is 1. The van der Waals surface area contributed by atoms with E-state index in [9.17, 15) is 9.90 Å². The molecule has 0 saturated carbocycles. The molecule has 92 valence electrons. The van der Waals surface area contributed by atoms with Gasteiger partial charge in [-0.2, -0.15) is 0 Å². The molecule has 5 heteroatoms. The molecule has 0 radical (unpaired) electrons. The maximum Gasteiger partial charge on any atom is 0.418 e. The summed E-state index contributed by atoms with van der Waals surface area (Å²) in [6, 6.07) is 3.56. The monoisotopic (exact) mass is 236 g/mol. The zero-order valence-corrected chi connectivity index (χ0v) is 10.4. The number of pyridine rings is 1. The minimum Gasteiger partial charge on any atom is -0.438 e. The summed E-state index contributed by atoms with van der Waals surface area (Å²) >= 11 is 0. The SMILES string of the molecule is Cc1ccnc(N2C(=O)OC(C)(C)C2(C)O)c1. The predicted molar refractivity (Wildman–Crippen MR) is 62.6 cm³/mol. The van der Waals surface area contributed by atoms with Crippen LogP contribution in [0.5, 0.6) is 0 Å². The van der Waals surface area contributed by atoms with Crippen molar-refractivity contribution in [3.63, 3.8) is 0 Å². The van der Waals surface area contributed by atoms with Crippen LogP contribution >= 0.6 is 0 Å². The summed E-state index contributed by atoms with van der Waals surface area (Å²) in [6.45, 7) is 6.77. The fourth-order valence-electron chi connectivity index (χ4n) is 1.77. The Bertz CT molecular complexity index is 469. The molecule has 1 atom stereocenters. The number of aliphatic hydroxyl groups is 1. The van der Waals surface area contributed by atoms with E-state index < -0.39 is 17.4 Å². The van der Waals surface area contributed by atoms with E-state index in [1.54, 1.807) is 33.0 Å². The van der Waals surface area contributed by atoms with Gasteiger partial charge in [0.1, 0.15) is 5.82 Å². The van der Waals surface area contributed by atoms with E-state index in [1.807, 2.05) is 13.0 Å². The topological polar surface area (TPSA) is 62.7 Å². The van der Waals surface area contributed by atoms with Gasteiger partial charge in [0.25, 0.3) is 0 Å². The molecule has 17 heavy (non-hydrogen) atoms. The van der Waals surface area contributed by atoms with E-state index in [2.05, 4.69) is 4.98 Å². The minimum atomic E-state index is -1.43. The molecule has 1 aromatic heterocycles. The first-order valence-corrected chi connectivity index (χ1v) is 5.44. The number of hydrogen-bond acceptors (Lipinski definition) is 4. The van der Waals surface area contributed by atoms with E-state index in [-0.39, 0.29) is 0 Å². The predicted octanol–water partition coefficient (Wildman–Crippen LogP) is 1.83. The molecule has 1 saturated heterocycles. The maximum absolute atomic E-state index is 11.8. The lowest BCUT2D eigenvalue weighted by Gasteiger charge is -2.34. The number of cyclic esters (lactones) is 1. The van der Waals surface area contributed by atoms with Crippen LogP contribution in [-0.2, 0) is 4.74 Å².